The van der Waals surface area contributed by atoms with Gasteiger partial charge in [-0.1, -0.05) is 13.8 Å². The van der Waals surface area contributed by atoms with Crippen LogP contribution in [0.3, 0.4) is 0 Å². The van der Waals surface area contributed by atoms with Crippen LogP contribution in [-0.4, -0.2) is 29.3 Å². The molecular formula is C14H25N3O. The summed E-state index contributed by atoms with van der Waals surface area (Å²) in [6.45, 7) is 7.07. The topological polar surface area (TPSA) is 62.4 Å². The van der Waals surface area contributed by atoms with Crippen LogP contribution in [0.15, 0.2) is 18.3 Å². The number of hydrogen-bond acceptors (Lipinski definition) is 4. The Labute approximate surface area is 110 Å². The van der Waals surface area contributed by atoms with Crippen LogP contribution in [0.5, 0.6) is 0 Å². The Balaban J connectivity index is 2.91. The van der Waals surface area contributed by atoms with Crippen LogP contribution in [0.2, 0.25) is 0 Å². The Hall–Kier alpha value is -1.13. The third-order valence-electron chi connectivity index (χ3n) is 3.29. The summed E-state index contributed by atoms with van der Waals surface area (Å²) in [6.07, 6.45) is 3.98. The van der Waals surface area contributed by atoms with E-state index in [0.29, 0.717) is 12.6 Å². The van der Waals surface area contributed by atoms with Crippen LogP contribution in [0, 0.1) is 0 Å². The predicted molar refractivity (Wildman–Crippen MR) is 75.6 cm³/mol. The van der Waals surface area contributed by atoms with Gasteiger partial charge in [0, 0.05) is 18.6 Å². The molecule has 0 aliphatic carbocycles. The number of hydrogen-bond donors (Lipinski definition) is 2. The second-order valence-electron chi connectivity index (χ2n) is 4.62. The molecule has 1 atom stereocenters. The lowest BCUT2D eigenvalue weighted by Gasteiger charge is -2.32. The standard InChI is InChI=1S/C14H25N3O/c1-4-12(5-2)17(8-9-18)13-6-7-14(11(3)15)16-10-13/h6-7,10-12,18H,4-5,8-9,15H2,1-3H3. The molecule has 0 saturated carbocycles. The second-order valence-corrected chi connectivity index (χ2v) is 4.62. The maximum absolute atomic E-state index is 9.20. The summed E-state index contributed by atoms with van der Waals surface area (Å²) in [7, 11) is 0. The molecule has 0 aliphatic heterocycles. The molecule has 0 saturated heterocycles. The molecule has 0 amide bonds. The summed E-state index contributed by atoms with van der Waals surface area (Å²) in [4.78, 5) is 6.60. The van der Waals surface area contributed by atoms with E-state index in [1.54, 1.807) is 0 Å². The van der Waals surface area contributed by atoms with E-state index in [9.17, 15) is 5.11 Å². The van der Waals surface area contributed by atoms with E-state index in [1.807, 2.05) is 25.3 Å². The first-order valence-corrected chi connectivity index (χ1v) is 6.73. The highest BCUT2D eigenvalue weighted by molar-refractivity contribution is 5.46. The highest BCUT2D eigenvalue weighted by Crippen LogP contribution is 2.20. The molecule has 4 heteroatoms. The lowest BCUT2D eigenvalue weighted by atomic mass is 10.1. The highest BCUT2D eigenvalue weighted by Gasteiger charge is 2.15. The third-order valence-corrected chi connectivity index (χ3v) is 3.29. The molecule has 0 spiro atoms. The number of nitrogens with zero attached hydrogens (tertiary/aromatic N) is 2. The van der Waals surface area contributed by atoms with Crippen molar-refractivity contribution in [2.45, 2.75) is 45.7 Å². The number of aliphatic hydroxyl groups excluding tert-OH is 1. The first-order chi connectivity index (χ1) is 8.63. The largest absolute Gasteiger partial charge is 0.395 e. The number of rotatable bonds is 7. The van der Waals surface area contributed by atoms with E-state index in [0.717, 1.165) is 24.2 Å². The Bertz CT molecular complexity index is 333. The monoisotopic (exact) mass is 251 g/mol. The molecule has 3 N–H and O–H groups in total. The lowest BCUT2D eigenvalue weighted by Crippen LogP contribution is -2.36. The molecule has 0 radical (unpaired) electrons. The van der Waals surface area contributed by atoms with Gasteiger partial charge in [0.15, 0.2) is 0 Å². The van der Waals surface area contributed by atoms with Gasteiger partial charge in [-0.15, -0.1) is 0 Å². The van der Waals surface area contributed by atoms with Crippen LogP contribution in [0.1, 0.15) is 45.3 Å². The maximum Gasteiger partial charge on any atom is 0.0606 e. The van der Waals surface area contributed by atoms with Crippen molar-refractivity contribution in [1.29, 1.82) is 0 Å². The van der Waals surface area contributed by atoms with Gasteiger partial charge >= 0.3 is 0 Å². The zero-order valence-electron chi connectivity index (χ0n) is 11.6. The number of pyridine rings is 1. The van der Waals surface area contributed by atoms with Crippen LogP contribution in [0.25, 0.3) is 0 Å². The Morgan fingerprint density at radius 3 is 2.39 bits per heavy atom. The van der Waals surface area contributed by atoms with Gasteiger partial charge < -0.3 is 15.7 Å². The van der Waals surface area contributed by atoms with Crippen molar-refractivity contribution < 1.29 is 5.11 Å². The fourth-order valence-corrected chi connectivity index (χ4v) is 2.20. The average molecular weight is 251 g/mol. The smallest absolute Gasteiger partial charge is 0.0606 e. The van der Waals surface area contributed by atoms with Crippen LogP contribution < -0.4 is 10.6 Å². The normalized spacial score (nSPS) is 12.8. The number of aliphatic hydroxyl groups is 1. The Morgan fingerprint density at radius 2 is 2.00 bits per heavy atom. The van der Waals surface area contributed by atoms with Crippen molar-refractivity contribution in [1.82, 2.24) is 4.98 Å². The van der Waals surface area contributed by atoms with Crippen molar-refractivity contribution in [3.05, 3.63) is 24.0 Å². The molecular weight excluding hydrogens is 226 g/mol. The molecule has 0 bridgehead atoms. The zero-order chi connectivity index (χ0) is 13.5. The summed E-state index contributed by atoms with van der Waals surface area (Å²) in [6, 6.07) is 4.41. The number of aromatic nitrogens is 1. The summed E-state index contributed by atoms with van der Waals surface area (Å²) >= 11 is 0. The van der Waals surface area contributed by atoms with Crippen molar-refractivity contribution in [3.8, 4) is 0 Å². The van der Waals surface area contributed by atoms with Crippen molar-refractivity contribution in [2.75, 3.05) is 18.1 Å². The van der Waals surface area contributed by atoms with Gasteiger partial charge in [0.1, 0.15) is 0 Å². The van der Waals surface area contributed by atoms with E-state index >= 15 is 0 Å². The van der Waals surface area contributed by atoms with Gasteiger partial charge in [0.2, 0.25) is 0 Å². The molecule has 1 aromatic rings. The van der Waals surface area contributed by atoms with Gasteiger partial charge in [0.25, 0.3) is 0 Å². The average Bonchev–Trinajstić information content (AvgIpc) is 2.39. The third kappa shape index (κ3) is 3.68. The molecule has 1 unspecified atom stereocenters. The molecule has 1 rings (SSSR count). The van der Waals surface area contributed by atoms with Crippen molar-refractivity contribution in [2.24, 2.45) is 5.73 Å². The molecule has 0 aromatic carbocycles. The van der Waals surface area contributed by atoms with Crippen LogP contribution in [0.4, 0.5) is 5.69 Å². The van der Waals surface area contributed by atoms with E-state index in [4.69, 9.17) is 5.73 Å². The van der Waals surface area contributed by atoms with Crippen molar-refractivity contribution in [3.63, 3.8) is 0 Å². The molecule has 18 heavy (non-hydrogen) atoms. The van der Waals surface area contributed by atoms with Gasteiger partial charge in [-0.05, 0) is 31.9 Å². The van der Waals surface area contributed by atoms with Crippen LogP contribution in [-0.2, 0) is 0 Å². The lowest BCUT2D eigenvalue weighted by molar-refractivity contribution is 0.296. The first kappa shape index (κ1) is 14.9. The molecule has 1 heterocycles. The highest BCUT2D eigenvalue weighted by atomic mass is 16.3. The SMILES string of the molecule is CCC(CC)N(CCO)c1ccc(C(C)N)nc1. The number of nitrogens with two attached hydrogens (primary N) is 1. The van der Waals surface area contributed by atoms with E-state index < -0.39 is 0 Å². The van der Waals surface area contributed by atoms with Gasteiger partial charge in [0.05, 0.1) is 24.2 Å². The summed E-state index contributed by atoms with van der Waals surface area (Å²) in [5.41, 5.74) is 7.75. The second kappa shape index (κ2) is 7.34. The van der Waals surface area contributed by atoms with Gasteiger partial charge in [-0.3, -0.25) is 4.98 Å². The summed E-state index contributed by atoms with van der Waals surface area (Å²) in [5, 5.41) is 9.20. The quantitative estimate of drug-likeness (QED) is 0.779. The molecule has 0 fully saturated rings. The van der Waals surface area contributed by atoms with E-state index in [-0.39, 0.29) is 12.6 Å². The summed E-state index contributed by atoms with van der Waals surface area (Å²) < 4.78 is 0. The zero-order valence-corrected chi connectivity index (χ0v) is 11.6. The minimum atomic E-state index is -0.0431. The Kier molecular flexibility index (Phi) is 6.09. The van der Waals surface area contributed by atoms with Gasteiger partial charge in [-0.25, -0.2) is 0 Å². The predicted octanol–water partition coefficient (Wildman–Crippen LogP) is 2.09. The van der Waals surface area contributed by atoms with Crippen LogP contribution >= 0.6 is 0 Å². The minimum absolute atomic E-state index is 0.0431. The fourth-order valence-electron chi connectivity index (χ4n) is 2.20. The molecule has 102 valence electrons. The Morgan fingerprint density at radius 1 is 1.33 bits per heavy atom. The maximum atomic E-state index is 9.20. The molecule has 4 nitrogen and oxygen atoms in total. The minimum Gasteiger partial charge on any atom is -0.395 e. The molecule has 1 aromatic heterocycles. The van der Waals surface area contributed by atoms with Crippen molar-refractivity contribution >= 4 is 5.69 Å². The fraction of sp³-hybridized carbons (Fsp3) is 0.643. The van der Waals surface area contributed by atoms with E-state index in [2.05, 4.69) is 23.7 Å². The summed E-state index contributed by atoms with van der Waals surface area (Å²) in [5.74, 6) is 0. The molecule has 0 aliphatic rings. The first-order valence-electron chi connectivity index (χ1n) is 6.73. The van der Waals surface area contributed by atoms with E-state index in [1.165, 1.54) is 0 Å². The van der Waals surface area contributed by atoms with Gasteiger partial charge in [-0.2, -0.15) is 0 Å². The number of anilines is 1.